The maximum atomic E-state index is 11.7. The Balaban J connectivity index is 2.31. The lowest BCUT2D eigenvalue weighted by molar-refractivity contribution is -0.384. The van der Waals surface area contributed by atoms with Crippen LogP contribution in [0.5, 0.6) is 5.75 Å². The van der Waals surface area contributed by atoms with Gasteiger partial charge in [-0.3, -0.25) is 10.1 Å². The number of rotatable bonds is 5. The summed E-state index contributed by atoms with van der Waals surface area (Å²) in [5, 5.41) is 18.6. The number of nitro groups is 1. The van der Waals surface area contributed by atoms with Crippen molar-refractivity contribution in [1.82, 2.24) is 0 Å². The van der Waals surface area contributed by atoms with Crippen LogP contribution in [0, 0.1) is 10.1 Å². The average Bonchev–Trinajstić information content (AvgIpc) is 2.59. The van der Waals surface area contributed by atoms with Gasteiger partial charge in [0.1, 0.15) is 11.3 Å². The molecule has 0 N–H and O–H groups in total. The number of nitrogens with zero attached hydrogens (tertiary/aromatic N) is 3. The molecular weight excluding hydrogens is 302 g/mol. The van der Waals surface area contributed by atoms with E-state index in [-0.39, 0.29) is 11.3 Å². The highest BCUT2D eigenvalue weighted by Crippen LogP contribution is 2.27. The molecule has 0 heterocycles. The molecule has 0 radical (unpaired) electrons. The van der Waals surface area contributed by atoms with Gasteiger partial charge < -0.3 is 9.47 Å². The van der Waals surface area contributed by atoms with Crippen LogP contribution in [0.15, 0.2) is 52.7 Å². The molecule has 0 unspecified atom stereocenters. The summed E-state index contributed by atoms with van der Waals surface area (Å²) in [6.45, 7) is 0. The third-order valence-corrected chi connectivity index (χ3v) is 2.91. The maximum absolute atomic E-state index is 11.7. The molecule has 0 saturated carbocycles. The average molecular weight is 315 g/mol. The lowest BCUT2D eigenvalue weighted by Gasteiger charge is -2.06. The molecule has 0 bridgehead atoms. The highest BCUT2D eigenvalue weighted by Gasteiger charge is 2.13. The van der Waals surface area contributed by atoms with E-state index in [9.17, 15) is 14.9 Å². The van der Waals surface area contributed by atoms with Crippen molar-refractivity contribution in [1.29, 1.82) is 0 Å². The number of hydrogen-bond donors (Lipinski definition) is 0. The van der Waals surface area contributed by atoms with Crippen LogP contribution in [0.1, 0.15) is 10.4 Å². The first kappa shape index (κ1) is 16.1. The Morgan fingerprint density at radius 2 is 1.78 bits per heavy atom. The van der Waals surface area contributed by atoms with Gasteiger partial charge in [0.25, 0.3) is 5.69 Å². The van der Waals surface area contributed by atoms with E-state index in [0.29, 0.717) is 17.1 Å². The van der Waals surface area contributed by atoms with Crippen LogP contribution >= 0.6 is 0 Å². The fourth-order valence-electron chi connectivity index (χ4n) is 1.81. The normalized spacial score (nSPS) is 10.5. The fourth-order valence-corrected chi connectivity index (χ4v) is 1.81. The van der Waals surface area contributed by atoms with Crippen LogP contribution in [0.4, 0.5) is 17.1 Å². The van der Waals surface area contributed by atoms with Gasteiger partial charge in [0.05, 0.1) is 30.5 Å². The van der Waals surface area contributed by atoms with E-state index in [1.807, 2.05) is 0 Å². The summed E-state index contributed by atoms with van der Waals surface area (Å²) in [6.07, 6.45) is 0. The zero-order valence-corrected chi connectivity index (χ0v) is 12.4. The number of non-ortho nitro benzene ring substituents is 1. The van der Waals surface area contributed by atoms with Crippen molar-refractivity contribution in [3.05, 3.63) is 58.1 Å². The number of hydrogen-bond acceptors (Lipinski definition) is 7. The molecular formula is C15H13N3O5. The predicted octanol–water partition coefficient (Wildman–Crippen LogP) is 3.81. The third-order valence-electron chi connectivity index (χ3n) is 2.91. The predicted molar refractivity (Wildman–Crippen MR) is 81.6 cm³/mol. The van der Waals surface area contributed by atoms with E-state index >= 15 is 0 Å². The highest BCUT2D eigenvalue weighted by atomic mass is 16.6. The van der Waals surface area contributed by atoms with Crippen molar-refractivity contribution in [2.24, 2.45) is 10.2 Å². The number of nitro benzene ring substituents is 1. The second-order valence-corrected chi connectivity index (χ2v) is 4.35. The van der Waals surface area contributed by atoms with Crippen molar-refractivity contribution in [3.63, 3.8) is 0 Å². The molecule has 8 heteroatoms. The van der Waals surface area contributed by atoms with Gasteiger partial charge in [0, 0.05) is 12.1 Å². The second kappa shape index (κ2) is 7.12. The smallest absolute Gasteiger partial charge is 0.341 e. The Hall–Kier alpha value is -3.29. The van der Waals surface area contributed by atoms with Crippen molar-refractivity contribution in [2.75, 3.05) is 14.2 Å². The van der Waals surface area contributed by atoms with E-state index in [0.717, 1.165) is 0 Å². The first-order chi connectivity index (χ1) is 11.0. The Labute approximate surface area is 131 Å². The van der Waals surface area contributed by atoms with Crippen molar-refractivity contribution >= 4 is 23.0 Å². The highest BCUT2D eigenvalue weighted by molar-refractivity contribution is 5.93. The SMILES string of the molecule is COC(=O)c1cc(N=Nc2cccc([N+](=O)[O-])c2)ccc1OC. The minimum absolute atomic E-state index is 0.0774. The molecule has 0 aliphatic heterocycles. The van der Waals surface area contributed by atoms with Crippen molar-refractivity contribution in [2.45, 2.75) is 0 Å². The van der Waals surface area contributed by atoms with Crippen LogP contribution in [-0.4, -0.2) is 25.1 Å². The van der Waals surface area contributed by atoms with Crippen LogP contribution in [0.25, 0.3) is 0 Å². The monoisotopic (exact) mass is 315 g/mol. The number of carbonyl (C=O) groups is 1. The number of azo groups is 1. The second-order valence-electron chi connectivity index (χ2n) is 4.35. The summed E-state index contributed by atoms with van der Waals surface area (Å²) < 4.78 is 9.75. The van der Waals surface area contributed by atoms with E-state index in [2.05, 4.69) is 15.0 Å². The van der Waals surface area contributed by atoms with Gasteiger partial charge in [0.2, 0.25) is 0 Å². The number of ether oxygens (including phenoxy) is 2. The molecule has 0 aromatic heterocycles. The van der Waals surface area contributed by atoms with E-state index in [1.165, 1.54) is 38.5 Å². The van der Waals surface area contributed by atoms with Gasteiger partial charge in [-0.25, -0.2) is 4.79 Å². The lowest BCUT2D eigenvalue weighted by Crippen LogP contribution is -2.03. The summed E-state index contributed by atoms with van der Waals surface area (Å²) in [5.41, 5.74) is 0.851. The molecule has 0 aliphatic carbocycles. The minimum atomic E-state index is -0.561. The largest absolute Gasteiger partial charge is 0.496 e. The zero-order valence-electron chi connectivity index (χ0n) is 12.4. The van der Waals surface area contributed by atoms with Gasteiger partial charge in [0.15, 0.2) is 0 Å². The Bertz CT molecular complexity index is 773. The number of esters is 1. The standard InChI is InChI=1S/C15H13N3O5/c1-22-14-7-6-11(9-13(14)15(19)23-2)17-16-10-4-3-5-12(8-10)18(20)21/h3-9H,1-2H3. The van der Waals surface area contributed by atoms with Crippen molar-refractivity contribution in [3.8, 4) is 5.75 Å². The van der Waals surface area contributed by atoms with Crippen LogP contribution in [0.3, 0.4) is 0 Å². The van der Waals surface area contributed by atoms with E-state index in [1.54, 1.807) is 18.2 Å². The molecule has 0 spiro atoms. The molecule has 0 aliphatic rings. The summed E-state index contributed by atoms with van der Waals surface area (Å²) in [6, 6.07) is 10.4. The molecule has 0 atom stereocenters. The molecule has 8 nitrogen and oxygen atoms in total. The third kappa shape index (κ3) is 3.88. The zero-order chi connectivity index (χ0) is 16.8. The Morgan fingerprint density at radius 3 is 2.39 bits per heavy atom. The summed E-state index contributed by atoms with van der Waals surface area (Å²) in [5.74, 6) is -0.208. The van der Waals surface area contributed by atoms with Crippen molar-refractivity contribution < 1.29 is 19.2 Å². The van der Waals surface area contributed by atoms with E-state index in [4.69, 9.17) is 4.74 Å². The van der Waals surface area contributed by atoms with Gasteiger partial charge >= 0.3 is 5.97 Å². The molecule has 2 rings (SSSR count). The molecule has 0 fully saturated rings. The van der Waals surface area contributed by atoms with Gasteiger partial charge in [-0.2, -0.15) is 10.2 Å². The fraction of sp³-hybridized carbons (Fsp3) is 0.133. The molecule has 118 valence electrons. The van der Waals surface area contributed by atoms with Gasteiger partial charge in [-0.1, -0.05) is 6.07 Å². The quantitative estimate of drug-likeness (QED) is 0.361. The number of methoxy groups -OCH3 is 2. The molecule has 23 heavy (non-hydrogen) atoms. The molecule has 0 amide bonds. The number of benzene rings is 2. The first-order valence-electron chi connectivity index (χ1n) is 6.47. The van der Waals surface area contributed by atoms with Gasteiger partial charge in [-0.15, -0.1) is 0 Å². The summed E-state index contributed by atoms with van der Waals surface area (Å²) in [4.78, 5) is 21.9. The lowest BCUT2D eigenvalue weighted by atomic mass is 10.2. The number of carbonyl (C=O) groups excluding carboxylic acids is 1. The van der Waals surface area contributed by atoms with E-state index < -0.39 is 10.9 Å². The molecule has 0 saturated heterocycles. The Morgan fingerprint density at radius 1 is 1.09 bits per heavy atom. The Kier molecular flexibility index (Phi) is 4.98. The minimum Gasteiger partial charge on any atom is -0.496 e. The van der Waals surface area contributed by atoms with Crippen LogP contribution < -0.4 is 4.74 Å². The van der Waals surface area contributed by atoms with Crippen LogP contribution in [0.2, 0.25) is 0 Å². The molecule has 2 aromatic rings. The summed E-state index contributed by atoms with van der Waals surface area (Å²) in [7, 11) is 2.70. The topological polar surface area (TPSA) is 103 Å². The molecule has 2 aromatic carbocycles. The first-order valence-corrected chi connectivity index (χ1v) is 6.47. The van der Waals surface area contributed by atoms with Gasteiger partial charge in [-0.05, 0) is 24.3 Å². The van der Waals surface area contributed by atoms with Crippen LogP contribution in [-0.2, 0) is 4.74 Å². The maximum Gasteiger partial charge on any atom is 0.341 e. The summed E-state index contributed by atoms with van der Waals surface area (Å²) >= 11 is 0.